The minimum absolute atomic E-state index is 0.0797. The molecule has 4 aromatic rings. The monoisotopic (exact) mass is 490 g/mol. The Balaban J connectivity index is 0.00000102. The molecule has 7 nitrogen and oxygen atoms in total. The minimum atomic E-state index is 0.0797. The van der Waals surface area contributed by atoms with E-state index >= 15 is 0 Å². The molecule has 7 heteroatoms. The molecule has 0 radical (unpaired) electrons. The van der Waals surface area contributed by atoms with Gasteiger partial charge in [0.25, 0.3) is 5.91 Å². The van der Waals surface area contributed by atoms with E-state index in [1.165, 1.54) is 0 Å². The molecule has 186 valence electrons. The predicted octanol–water partition coefficient (Wildman–Crippen LogP) is 4.74. The number of piperazine rings is 1. The lowest BCUT2D eigenvalue weighted by atomic mass is 10.1. The van der Waals surface area contributed by atoms with Crippen LogP contribution < -0.4 is 0 Å². The summed E-state index contributed by atoms with van der Waals surface area (Å²) in [5.74, 6) is 2.33. The quantitative estimate of drug-likeness (QED) is 0.386. The highest BCUT2D eigenvalue weighted by Gasteiger charge is 2.23. The van der Waals surface area contributed by atoms with Crippen LogP contribution in [0, 0.1) is 23.7 Å². The summed E-state index contributed by atoms with van der Waals surface area (Å²) in [5, 5.41) is 9.05. The van der Waals surface area contributed by atoms with Crippen molar-refractivity contribution in [3.8, 4) is 40.9 Å². The number of fused-ring (bicyclic) bond motifs is 1. The fourth-order valence-corrected chi connectivity index (χ4v) is 4.37. The molecule has 1 aliphatic rings. The zero-order valence-electron chi connectivity index (χ0n) is 21.4. The van der Waals surface area contributed by atoms with E-state index in [1.807, 2.05) is 58.1 Å². The Hall–Kier alpha value is -4.46. The fourth-order valence-electron chi connectivity index (χ4n) is 4.37. The number of nitriles is 1. The van der Waals surface area contributed by atoms with Gasteiger partial charge in [-0.25, -0.2) is 4.98 Å². The average molecular weight is 491 g/mol. The molecule has 0 N–H and O–H groups in total. The number of imidazole rings is 1. The van der Waals surface area contributed by atoms with Crippen molar-refractivity contribution in [1.29, 1.82) is 5.26 Å². The maximum absolute atomic E-state index is 13.0. The molecule has 0 bridgehead atoms. The van der Waals surface area contributed by atoms with Crippen molar-refractivity contribution in [3.63, 3.8) is 0 Å². The van der Waals surface area contributed by atoms with Crippen LogP contribution in [0.15, 0.2) is 67.1 Å². The predicted molar refractivity (Wildman–Crippen MR) is 146 cm³/mol. The van der Waals surface area contributed by atoms with E-state index in [-0.39, 0.29) is 5.91 Å². The van der Waals surface area contributed by atoms with Crippen molar-refractivity contribution in [2.24, 2.45) is 0 Å². The van der Waals surface area contributed by atoms with Gasteiger partial charge in [0.2, 0.25) is 0 Å². The van der Waals surface area contributed by atoms with Gasteiger partial charge in [0.05, 0.1) is 35.4 Å². The van der Waals surface area contributed by atoms with Crippen LogP contribution in [0.2, 0.25) is 0 Å². The first-order valence-electron chi connectivity index (χ1n) is 12.3. The largest absolute Gasteiger partial charge is 0.336 e. The lowest BCUT2D eigenvalue weighted by Crippen LogP contribution is -2.50. The van der Waals surface area contributed by atoms with Crippen molar-refractivity contribution in [2.45, 2.75) is 26.8 Å². The summed E-state index contributed by atoms with van der Waals surface area (Å²) in [5.41, 5.74) is 5.70. The van der Waals surface area contributed by atoms with Crippen LogP contribution in [0.4, 0.5) is 0 Å². The first-order valence-corrected chi connectivity index (χ1v) is 12.3. The van der Waals surface area contributed by atoms with Gasteiger partial charge in [-0.3, -0.25) is 19.1 Å². The van der Waals surface area contributed by atoms with E-state index in [0.29, 0.717) is 17.2 Å². The molecule has 2 aromatic carbocycles. The second kappa shape index (κ2) is 11.5. The standard InChI is InChI=1S/C27H26N6O.C3H4/c1-19(2)31-11-13-32(14-12-31)27(34)23-9-7-21(8-10-23)24-18-33-25(16-30-26(33)17-29-24)22-5-3-20(15-28)4-6-22;1-3-2/h3-10,16-19H,11-14H2,1-2H3;1H,2H3. The SMILES string of the molecule is C#CC.CC(C)N1CCN(C(=O)c2ccc(-c3cn4c(-c5ccc(C#N)cc5)cnc4cn3)cc2)CC1. The van der Waals surface area contributed by atoms with E-state index in [2.05, 4.69) is 47.1 Å². The zero-order valence-corrected chi connectivity index (χ0v) is 21.4. The fraction of sp³-hybridized carbons (Fsp3) is 0.267. The smallest absolute Gasteiger partial charge is 0.253 e. The van der Waals surface area contributed by atoms with Gasteiger partial charge in [-0.15, -0.1) is 12.3 Å². The summed E-state index contributed by atoms with van der Waals surface area (Å²) in [6.45, 7) is 9.39. The van der Waals surface area contributed by atoms with Crippen molar-refractivity contribution in [3.05, 3.63) is 78.2 Å². The Morgan fingerprint density at radius 2 is 1.57 bits per heavy atom. The van der Waals surface area contributed by atoms with Crippen LogP contribution >= 0.6 is 0 Å². The highest BCUT2D eigenvalue weighted by atomic mass is 16.2. The van der Waals surface area contributed by atoms with Crippen molar-refractivity contribution in [1.82, 2.24) is 24.2 Å². The van der Waals surface area contributed by atoms with E-state index in [9.17, 15) is 4.79 Å². The second-order valence-electron chi connectivity index (χ2n) is 9.12. The lowest BCUT2D eigenvalue weighted by molar-refractivity contribution is 0.0595. The van der Waals surface area contributed by atoms with Gasteiger partial charge >= 0.3 is 0 Å². The van der Waals surface area contributed by atoms with Gasteiger partial charge in [0.1, 0.15) is 0 Å². The number of terminal acetylenes is 1. The third-order valence-electron chi connectivity index (χ3n) is 6.47. The molecular formula is C30H30N6O. The number of amides is 1. The van der Waals surface area contributed by atoms with Crippen LogP contribution in [0.5, 0.6) is 0 Å². The average Bonchev–Trinajstić information content (AvgIpc) is 3.36. The molecule has 0 unspecified atom stereocenters. The summed E-state index contributed by atoms with van der Waals surface area (Å²) in [4.78, 5) is 26.3. The van der Waals surface area contributed by atoms with Crippen LogP contribution in [0.1, 0.15) is 36.7 Å². The van der Waals surface area contributed by atoms with Gasteiger partial charge in [0.15, 0.2) is 5.65 Å². The summed E-state index contributed by atoms with van der Waals surface area (Å²) in [6, 6.07) is 17.8. The van der Waals surface area contributed by atoms with Gasteiger partial charge in [-0.2, -0.15) is 5.26 Å². The van der Waals surface area contributed by atoms with E-state index < -0.39 is 0 Å². The van der Waals surface area contributed by atoms with Crippen molar-refractivity contribution >= 4 is 11.6 Å². The Bertz CT molecular complexity index is 1450. The Kier molecular flexibility index (Phi) is 7.98. The first kappa shape index (κ1) is 25.6. The van der Waals surface area contributed by atoms with Crippen molar-refractivity contribution in [2.75, 3.05) is 26.2 Å². The molecule has 1 saturated heterocycles. The molecule has 1 amide bonds. The number of nitrogens with zero attached hydrogens (tertiary/aromatic N) is 6. The minimum Gasteiger partial charge on any atom is -0.336 e. The summed E-state index contributed by atoms with van der Waals surface area (Å²) >= 11 is 0. The van der Waals surface area contributed by atoms with E-state index in [1.54, 1.807) is 25.3 Å². The normalized spacial score (nSPS) is 13.5. The number of carbonyl (C=O) groups is 1. The molecule has 0 spiro atoms. The highest BCUT2D eigenvalue weighted by Crippen LogP contribution is 2.24. The maximum atomic E-state index is 13.0. The van der Waals surface area contributed by atoms with Gasteiger partial charge in [0, 0.05) is 55.1 Å². The molecule has 1 aliphatic heterocycles. The van der Waals surface area contributed by atoms with Gasteiger partial charge < -0.3 is 4.90 Å². The van der Waals surface area contributed by atoms with Crippen LogP contribution in [0.25, 0.3) is 28.2 Å². The van der Waals surface area contributed by atoms with E-state index in [0.717, 1.165) is 54.3 Å². The Morgan fingerprint density at radius 1 is 0.946 bits per heavy atom. The molecule has 0 aliphatic carbocycles. The molecule has 1 fully saturated rings. The third-order valence-corrected chi connectivity index (χ3v) is 6.47. The number of benzene rings is 2. The number of carbonyl (C=O) groups excluding carboxylic acids is 1. The number of rotatable bonds is 4. The van der Waals surface area contributed by atoms with Crippen LogP contribution in [0.3, 0.4) is 0 Å². The Labute approximate surface area is 218 Å². The molecule has 0 atom stereocenters. The summed E-state index contributed by atoms with van der Waals surface area (Å²) in [7, 11) is 0. The number of hydrogen-bond donors (Lipinski definition) is 0. The number of hydrogen-bond acceptors (Lipinski definition) is 5. The maximum Gasteiger partial charge on any atom is 0.253 e. The first-order chi connectivity index (χ1) is 17.9. The topological polar surface area (TPSA) is 77.5 Å². The van der Waals surface area contributed by atoms with Crippen molar-refractivity contribution < 1.29 is 4.79 Å². The molecule has 0 saturated carbocycles. The second-order valence-corrected chi connectivity index (χ2v) is 9.12. The molecule has 3 heterocycles. The van der Waals surface area contributed by atoms with Crippen LogP contribution in [-0.4, -0.2) is 62.3 Å². The third kappa shape index (κ3) is 5.69. The highest BCUT2D eigenvalue weighted by molar-refractivity contribution is 5.94. The zero-order chi connectivity index (χ0) is 26.4. The molecule has 2 aromatic heterocycles. The molecule has 5 rings (SSSR count). The lowest BCUT2D eigenvalue weighted by Gasteiger charge is -2.37. The summed E-state index contributed by atoms with van der Waals surface area (Å²) in [6.07, 6.45) is 10.1. The van der Waals surface area contributed by atoms with Crippen LogP contribution in [-0.2, 0) is 0 Å². The van der Waals surface area contributed by atoms with E-state index in [4.69, 9.17) is 5.26 Å². The van der Waals surface area contributed by atoms with Gasteiger partial charge in [-0.05, 0) is 45.0 Å². The summed E-state index contributed by atoms with van der Waals surface area (Å²) < 4.78 is 2.00. The van der Waals surface area contributed by atoms with Gasteiger partial charge in [-0.1, -0.05) is 24.3 Å². The number of aromatic nitrogens is 3. The Morgan fingerprint density at radius 3 is 2.16 bits per heavy atom. The molecule has 37 heavy (non-hydrogen) atoms. The molecular weight excluding hydrogens is 460 g/mol.